The minimum atomic E-state index is -1.24. The molecule has 20 nitrogen and oxygen atoms in total. The molecule has 3 N–H and O–H groups in total. The summed E-state index contributed by atoms with van der Waals surface area (Å²) in [5, 5.41) is 22.6. The molecule has 2 atom stereocenters. The Hall–Kier alpha value is -10.3. The second kappa shape index (κ2) is 25.1. The number of aromatic amines is 3. The van der Waals surface area contributed by atoms with Gasteiger partial charge in [0.2, 0.25) is 5.91 Å². The van der Waals surface area contributed by atoms with Crippen molar-refractivity contribution in [2.45, 2.75) is 24.9 Å². The molecule has 6 heterocycles. The van der Waals surface area contributed by atoms with E-state index in [2.05, 4.69) is 25.2 Å². The van der Waals surface area contributed by atoms with Gasteiger partial charge in [0.25, 0.3) is 17.5 Å². The van der Waals surface area contributed by atoms with Crippen molar-refractivity contribution < 1.29 is 47.0 Å². The standard InChI is InChI=1S/C69H56ClFN10O10P2/c1-88-46-17-8-41(9-18-46)69(40-6-4-3-5-7-40,42-10-19-47(89-2)20-11-42)90-39-77(44-14-12-43(13-15-44)75-76-58-21-16-45(81(86)87)34-54(58)70)38-65(82)78-31-28-48-51-35-59(72-55(51)22-25-62(48)78)66(83)79-32-29-49-52-36-60(73-56(52)23-26-63(49)79)67(84)80-33-30-50-53-37-61(68(85)91-93-92-71)74-57(53)24-27-64(50)80/h3-27,34-37,72-74,92-93H,28-33,38-39H2,1-2H3. The molecule has 0 bridgehead atoms. The molecule has 0 aliphatic carbocycles. The lowest BCUT2D eigenvalue weighted by Crippen LogP contribution is -2.43. The molecule has 2 unspecified atom stereocenters. The molecule has 93 heavy (non-hydrogen) atoms. The van der Waals surface area contributed by atoms with Gasteiger partial charge in [0.05, 0.1) is 36.4 Å². The summed E-state index contributed by atoms with van der Waals surface area (Å²) >= 11 is 6.36. The van der Waals surface area contributed by atoms with E-state index in [9.17, 15) is 28.7 Å². The smallest absolute Gasteiger partial charge is 0.357 e. The number of methoxy groups -OCH3 is 2. The van der Waals surface area contributed by atoms with Crippen LogP contribution in [0.2, 0.25) is 5.02 Å². The Kier molecular flexibility index (Phi) is 16.2. The molecule has 0 spiro atoms. The Morgan fingerprint density at radius 3 is 1.61 bits per heavy atom. The predicted octanol–water partition coefficient (Wildman–Crippen LogP) is 15.1. The summed E-state index contributed by atoms with van der Waals surface area (Å²) in [4.78, 5) is 84.5. The monoisotopic (exact) mass is 1300 g/mol. The zero-order valence-electron chi connectivity index (χ0n) is 49.9. The highest BCUT2D eigenvalue weighted by atomic mass is 35.5. The summed E-state index contributed by atoms with van der Waals surface area (Å²) in [5.74, 6) is 0.0675. The highest BCUT2D eigenvalue weighted by Crippen LogP contribution is 2.45. The summed E-state index contributed by atoms with van der Waals surface area (Å²) in [6, 6.07) is 53.1. The summed E-state index contributed by atoms with van der Waals surface area (Å²) in [6.07, 6.45) is 1.67. The molecule has 3 amide bonds. The van der Waals surface area contributed by atoms with Gasteiger partial charge in [-0.15, -0.1) is 5.11 Å². The molecule has 466 valence electrons. The lowest BCUT2D eigenvalue weighted by atomic mass is 9.80. The number of halogens is 2. The van der Waals surface area contributed by atoms with Crippen LogP contribution in [0.5, 0.6) is 11.5 Å². The first-order valence-corrected chi connectivity index (χ1v) is 32.9. The molecular formula is C69H56ClFN10O10P2. The Labute approximate surface area is 539 Å². The number of amides is 3. The van der Waals surface area contributed by atoms with Crippen LogP contribution in [0.4, 0.5) is 44.0 Å². The fourth-order valence-electron chi connectivity index (χ4n) is 13.0. The van der Waals surface area contributed by atoms with Crippen molar-refractivity contribution >= 4 is 125 Å². The van der Waals surface area contributed by atoms with Crippen molar-refractivity contribution in [2.24, 2.45) is 10.2 Å². The van der Waals surface area contributed by atoms with Gasteiger partial charge in [0.15, 0.2) is 0 Å². The average Bonchev–Trinajstić information content (AvgIpc) is 1.74. The number of anilines is 4. The number of nitrogens with one attached hydrogen (secondary N) is 3. The van der Waals surface area contributed by atoms with Crippen LogP contribution in [0, 0.1) is 10.1 Å². The minimum absolute atomic E-state index is 0.0708. The van der Waals surface area contributed by atoms with Gasteiger partial charge in [-0.3, -0.25) is 24.5 Å². The van der Waals surface area contributed by atoms with Crippen molar-refractivity contribution in [3.63, 3.8) is 0 Å². The van der Waals surface area contributed by atoms with E-state index < -0.39 is 33.6 Å². The first-order chi connectivity index (χ1) is 45.3. The van der Waals surface area contributed by atoms with Gasteiger partial charge in [0, 0.05) is 87.2 Å². The van der Waals surface area contributed by atoms with Crippen LogP contribution in [0.25, 0.3) is 32.7 Å². The van der Waals surface area contributed by atoms with Crippen LogP contribution in [0.1, 0.15) is 64.8 Å². The third-order valence-electron chi connectivity index (χ3n) is 17.5. The third kappa shape index (κ3) is 11.2. The number of non-ortho nitro benzene ring substituents is 1. The van der Waals surface area contributed by atoms with Crippen LogP contribution in [0.15, 0.2) is 186 Å². The molecule has 3 aliphatic heterocycles. The second-order valence-electron chi connectivity index (χ2n) is 22.5. The Bertz CT molecular complexity index is 4770. The van der Waals surface area contributed by atoms with Crippen LogP contribution in [-0.4, -0.2) is 90.7 Å². The fourth-order valence-corrected chi connectivity index (χ4v) is 13.9. The quantitative estimate of drug-likeness (QED) is 0.0172. The van der Waals surface area contributed by atoms with Crippen LogP contribution >= 0.6 is 28.7 Å². The van der Waals surface area contributed by atoms with Gasteiger partial charge in [0.1, 0.15) is 63.7 Å². The highest BCUT2D eigenvalue weighted by molar-refractivity contribution is 8.07. The van der Waals surface area contributed by atoms with Gasteiger partial charge in [-0.25, -0.2) is 8.99 Å². The number of H-pyrrole nitrogens is 3. The molecule has 3 aromatic heterocycles. The number of carbonyl (C=O) groups is 4. The highest BCUT2D eigenvalue weighted by Gasteiger charge is 2.40. The van der Waals surface area contributed by atoms with Crippen molar-refractivity contribution in [3.05, 3.63) is 242 Å². The number of carbonyl (C=O) groups excluding carboxylic acids is 4. The van der Waals surface area contributed by atoms with E-state index in [-0.39, 0.29) is 53.1 Å². The van der Waals surface area contributed by atoms with E-state index in [0.717, 1.165) is 83.2 Å². The molecule has 11 aromatic rings. The van der Waals surface area contributed by atoms with Crippen molar-refractivity contribution in [1.29, 1.82) is 0 Å². The molecule has 0 saturated heterocycles. The zero-order chi connectivity index (χ0) is 64.1. The first kappa shape index (κ1) is 60.3. The number of rotatable bonds is 19. The summed E-state index contributed by atoms with van der Waals surface area (Å²) in [6.45, 7) is 1.01. The molecule has 14 rings (SSSR count). The topological polar surface area (TPSA) is 233 Å². The number of hydrogen-bond acceptors (Lipinski definition) is 13. The number of nitro benzene ring substituents is 1. The molecule has 0 fully saturated rings. The number of benzene rings is 8. The number of aromatic nitrogens is 3. The van der Waals surface area contributed by atoms with Crippen LogP contribution in [-0.2, 0) is 38.9 Å². The number of hydrogen-bond donors (Lipinski definition) is 3. The number of azo groups is 1. The van der Waals surface area contributed by atoms with E-state index in [1.807, 2.05) is 144 Å². The third-order valence-corrected chi connectivity index (χ3v) is 18.7. The molecule has 3 aliphatic rings. The maximum absolute atomic E-state index is 15.2. The molecular weight excluding hydrogens is 1250 g/mol. The lowest BCUT2D eigenvalue weighted by Gasteiger charge is -2.38. The summed E-state index contributed by atoms with van der Waals surface area (Å²) in [5.41, 5.74) is 10.6. The Morgan fingerprint density at radius 1 is 0.613 bits per heavy atom. The van der Waals surface area contributed by atoms with Crippen molar-refractivity contribution in [2.75, 3.05) is 66.7 Å². The van der Waals surface area contributed by atoms with Crippen LogP contribution in [0.3, 0.4) is 0 Å². The maximum Gasteiger partial charge on any atom is 0.357 e. The summed E-state index contributed by atoms with van der Waals surface area (Å²) in [7, 11) is 1.69. The Balaban J connectivity index is 0.731. The van der Waals surface area contributed by atoms with Gasteiger partial charge >= 0.3 is 5.97 Å². The van der Waals surface area contributed by atoms with E-state index in [4.69, 9.17) is 30.3 Å². The second-order valence-corrected chi connectivity index (χ2v) is 24.7. The van der Waals surface area contributed by atoms with Crippen molar-refractivity contribution in [3.8, 4) is 11.5 Å². The van der Waals surface area contributed by atoms with Gasteiger partial charge < -0.3 is 53.3 Å². The molecule has 0 saturated carbocycles. The molecule has 8 aromatic carbocycles. The van der Waals surface area contributed by atoms with Gasteiger partial charge in [-0.1, -0.05) is 66.2 Å². The van der Waals surface area contributed by atoms with E-state index in [0.29, 0.717) is 73.2 Å². The Morgan fingerprint density at radius 2 is 1.11 bits per heavy atom. The molecule has 0 radical (unpaired) electrons. The number of nitro groups is 1. The predicted molar refractivity (Wildman–Crippen MR) is 359 cm³/mol. The fraction of sp³-hybridized carbons (Fsp3) is 0.159. The molecule has 24 heteroatoms. The van der Waals surface area contributed by atoms with Crippen molar-refractivity contribution in [1.82, 2.24) is 15.0 Å². The lowest BCUT2D eigenvalue weighted by molar-refractivity contribution is -0.384. The van der Waals surface area contributed by atoms with Crippen LogP contribution < -0.4 is 29.1 Å². The minimum Gasteiger partial charge on any atom is -0.497 e. The van der Waals surface area contributed by atoms with E-state index >= 15 is 4.79 Å². The normalized spacial score (nSPS) is 13.7. The van der Waals surface area contributed by atoms with Gasteiger partial charge in [-0.2, -0.15) is 5.11 Å². The first-order valence-electron chi connectivity index (χ1n) is 29.7. The average molecular weight is 1300 g/mol. The van der Waals surface area contributed by atoms with E-state index in [1.54, 1.807) is 47.1 Å². The zero-order valence-corrected chi connectivity index (χ0v) is 52.6. The van der Waals surface area contributed by atoms with E-state index in [1.165, 1.54) is 18.2 Å². The number of nitrogens with zero attached hydrogens (tertiary/aromatic N) is 7. The largest absolute Gasteiger partial charge is 0.497 e. The SMILES string of the molecule is COc1ccc(C(OCN(CC(=O)N2CCc3c2ccc2[nH]c(C(=O)N4CCc5c4ccc4[nH]c(C(=O)N6CCc7c6ccc6[nH]c(C(=O)OPPF)cc76)cc54)cc32)c2ccc(N=Nc3ccc([N+](=O)[O-])cc3Cl)cc2)(c2ccccc2)c2ccc(OC)cc2)cc1. The summed E-state index contributed by atoms with van der Waals surface area (Å²) < 4.78 is 36.4. The maximum atomic E-state index is 15.2. The number of fused-ring (bicyclic) bond motifs is 9. The van der Waals surface area contributed by atoms with Gasteiger partial charge in [-0.05, 0) is 162 Å². The number of ether oxygens (including phenoxy) is 3.